The van der Waals surface area contributed by atoms with Gasteiger partial charge in [0.15, 0.2) is 0 Å². The highest BCUT2D eigenvalue weighted by molar-refractivity contribution is 9.10. The molecule has 0 aromatic heterocycles. The van der Waals surface area contributed by atoms with Gasteiger partial charge in [-0.2, -0.15) is 5.01 Å². The minimum Gasteiger partial charge on any atom is -0.448 e. The zero-order valence-corrected chi connectivity index (χ0v) is 19.0. The van der Waals surface area contributed by atoms with Crippen LogP contribution in [-0.4, -0.2) is 22.9 Å². The van der Waals surface area contributed by atoms with Crippen LogP contribution in [0.15, 0.2) is 58.1 Å². The molecule has 1 amide bonds. The van der Waals surface area contributed by atoms with E-state index in [1.54, 1.807) is 0 Å². The monoisotopic (exact) mass is 470 g/mol. The maximum atomic E-state index is 12.2. The Morgan fingerprint density at radius 1 is 1.17 bits per heavy atom. The van der Waals surface area contributed by atoms with Crippen molar-refractivity contribution in [2.45, 2.75) is 51.9 Å². The van der Waals surface area contributed by atoms with Gasteiger partial charge in [0.1, 0.15) is 6.04 Å². The van der Waals surface area contributed by atoms with Crippen molar-refractivity contribution in [1.82, 2.24) is 15.9 Å². The Bertz CT molecular complexity index is 944. The number of rotatable bonds is 5. The second-order valence-corrected chi connectivity index (χ2v) is 9.21. The van der Waals surface area contributed by atoms with Crippen LogP contribution in [0.3, 0.4) is 0 Å². The third-order valence-electron chi connectivity index (χ3n) is 5.34. The first-order valence-corrected chi connectivity index (χ1v) is 11.1. The van der Waals surface area contributed by atoms with Crippen molar-refractivity contribution >= 4 is 27.7 Å². The second-order valence-electron chi connectivity index (χ2n) is 8.30. The van der Waals surface area contributed by atoms with Crippen LogP contribution in [0, 0.1) is 5.92 Å². The van der Waals surface area contributed by atoms with E-state index in [1.807, 2.05) is 24.3 Å². The van der Waals surface area contributed by atoms with Gasteiger partial charge in [-0.1, -0.05) is 66.2 Å². The molecule has 0 saturated carbocycles. The summed E-state index contributed by atoms with van der Waals surface area (Å²) >= 11 is 3.48. The third-order valence-corrected chi connectivity index (χ3v) is 5.84. The average molecular weight is 471 g/mol. The minimum atomic E-state index is -0.550. The van der Waals surface area contributed by atoms with Gasteiger partial charge < -0.3 is 4.74 Å². The standard InChI is InChI=1S/C23H27BrN4O2/c1-14(2)11-16-7-9-17(10-8-16)20-13-21(26-25-20)22-27-28(15(3)29)23(30-22)18-5-4-6-19(24)12-18/h4-10,12,14,20-21,23,25-26H,11,13H2,1-3H3. The highest BCUT2D eigenvalue weighted by Gasteiger charge is 2.39. The maximum absolute atomic E-state index is 12.2. The predicted octanol–water partition coefficient (Wildman–Crippen LogP) is 4.45. The van der Waals surface area contributed by atoms with E-state index in [0.29, 0.717) is 11.8 Å². The van der Waals surface area contributed by atoms with Crippen LogP contribution in [-0.2, 0) is 16.0 Å². The minimum absolute atomic E-state index is 0.107. The molecule has 7 heteroatoms. The van der Waals surface area contributed by atoms with Gasteiger partial charge in [-0.3, -0.25) is 4.79 Å². The lowest BCUT2D eigenvalue weighted by Crippen LogP contribution is -2.36. The van der Waals surface area contributed by atoms with Crippen LogP contribution in [0.2, 0.25) is 0 Å². The number of ether oxygens (including phenoxy) is 1. The number of carbonyl (C=O) groups excluding carboxylic acids is 1. The van der Waals surface area contributed by atoms with Crippen molar-refractivity contribution in [3.05, 3.63) is 69.7 Å². The van der Waals surface area contributed by atoms with Gasteiger partial charge in [-0.25, -0.2) is 10.9 Å². The molecule has 0 radical (unpaired) electrons. The SMILES string of the molecule is CC(=O)N1N=C(C2CC(c3ccc(CC(C)C)cc3)NN2)OC1c1cccc(Br)c1. The zero-order chi connectivity index (χ0) is 21.3. The fourth-order valence-electron chi connectivity index (χ4n) is 3.90. The van der Waals surface area contributed by atoms with Crippen LogP contribution >= 0.6 is 15.9 Å². The molecule has 2 aromatic rings. The number of halogens is 1. The van der Waals surface area contributed by atoms with Gasteiger partial charge in [0.2, 0.25) is 18.0 Å². The molecular formula is C23H27BrN4O2. The van der Waals surface area contributed by atoms with Crippen molar-refractivity contribution in [3.8, 4) is 0 Å². The van der Waals surface area contributed by atoms with Crippen LogP contribution in [0.1, 0.15) is 56.2 Å². The topological polar surface area (TPSA) is 66.0 Å². The van der Waals surface area contributed by atoms with Crippen LogP contribution < -0.4 is 10.9 Å². The largest absolute Gasteiger partial charge is 0.448 e. The molecule has 0 aliphatic carbocycles. The van der Waals surface area contributed by atoms with E-state index in [4.69, 9.17) is 4.74 Å². The molecule has 2 aromatic carbocycles. The first kappa shape index (κ1) is 21.0. The summed E-state index contributed by atoms with van der Waals surface area (Å²) in [6.45, 7) is 5.96. The van der Waals surface area contributed by atoms with E-state index >= 15 is 0 Å². The van der Waals surface area contributed by atoms with Crippen molar-refractivity contribution < 1.29 is 9.53 Å². The number of nitrogens with one attached hydrogen (secondary N) is 2. The fraction of sp³-hybridized carbons (Fsp3) is 0.391. The van der Waals surface area contributed by atoms with Crippen LogP contribution in [0.5, 0.6) is 0 Å². The molecule has 2 aliphatic heterocycles. The summed E-state index contributed by atoms with van der Waals surface area (Å²) in [5.74, 6) is 1.02. The summed E-state index contributed by atoms with van der Waals surface area (Å²) < 4.78 is 7.07. The highest BCUT2D eigenvalue weighted by Crippen LogP contribution is 2.33. The molecule has 3 unspecified atom stereocenters. The van der Waals surface area contributed by atoms with Crippen LogP contribution in [0.25, 0.3) is 0 Å². The van der Waals surface area contributed by atoms with Gasteiger partial charge in [0.05, 0.1) is 0 Å². The van der Waals surface area contributed by atoms with Gasteiger partial charge in [0.25, 0.3) is 0 Å². The van der Waals surface area contributed by atoms with E-state index in [-0.39, 0.29) is 18.0 Å². The number of nitrogens with zero attached hydrogens (tertiary/aromatic N) is 2. The summed E-state index contributed by atoms with van der Waals surface area (Å²) in [6, 6.07) is 16.6. The number of carbonyl (C=O) groups is 1. The van der Waals surface area contributed by atoms with E-state index in [0.717, 1.165) is 22.9 Å². The number of amides is 1. The molecular weight excluding hydrogens is 444 g/mol. The Hall–Kier alpha value is -2.22. The van der Waals surface area contributed by atoms with Gasteiger partial charge >= 0.3 is 0 Å². The fourth-order valence-corrected chi connectivity index (χ4v) is 4.31. The highest BCUT2D eigenvalue weighted by atomic mass is 79.9. The number of benzene rings is 2. The summed E-state index contributed by atoms with van der Waals surface area (Å²) in [5.41, 5.74) is 10.1. The Kier molecular flexibility index (Phi) is 6.22. The molecule has 2 heterocycles. The molecule has 0 spiro atoms. The Morgan fingerprint density at radius 3 is 2.57 bits per heavy atom. The molecule has 4 rings (SSSR count). The first-order chi connectivity index (χ1) is 14.4. The molecule has 2 aliphatic rings. The summed E-state index contributed by atoms with van der Waals surface area (Å²) in [4.78, 5) is 12.2. The van der Waals surface area contributed by atoms with Gasteiger partial charge in [-0.15, -0.1) is 5.10 Å². The quantitative estimate of drug-likeness (QED) is 0.677. The van der Waals surface area contributed by atoms with Gasteiger partial charge in [-0.05, 0) is 42.0 Å². The summed E-state index contributed by atoms with van der Waals surface area (Å²) in [6.07, 6.45) is 1.33. The normalized spacial score (nSPS) is 23.6. The predicted molar refractivity (Wildman–Crippen MR) is 120 cm³/mol. The third kappa shape index (κ3) is 4.58. The van der Waals surface area contributed by atoms with Crippen molar-refractivity contribution in [2.24, 2.45) is 11.0 Å². The van der Waals surface area contributed by atoms with Gasteiger partial charge in [0, 0.05) is 23.0 Å². The van der Waals surface area contributed by atoms with E-state index in [1.165, 1.54) is 23.1 Å². The molecule has 1 saturated heterocycles. The molecule has 3 atom stereocenters. The average Bonchev–Trinajstić information content (AvgIpc) is 3.36. The number of hydrazone groups is 1. The van der Waals surface area contributed by atoms with Crippen molar-refractivity contribution in [3.63, 3.8) is 0 Å². The number of hydrogen-bond acceptors (Lipinski definition) is 5. The van der Waals surface area contributed by atoms with E-state index < -0.39 is 6.23 Å². The Morgan fingerprint density at radius 2 is 1.90 bits per heavy atom. The zero-order valence-electron chi connectivity index (χ0n) is 17.4. The smallest absolute Gasteiger partial charge is 0.243 e. The summed E-state index contributed by atoms with van der Waals surface area (Å²) in [7, 11) is 0. The maximum Gasteiger partial charge on any atom is 0.243 e. The molecule has 6 nitrogen and oxygen atoms in total. The molecule has 1 fully saturated rings. The molecule has 0 bridgehead atoms. The Balaban J connectivity index is 1.46. The van der Waals surface area contributed by atoms with E-state index in [9.17, 15) is 4.79 Å². The Labute approximate surface area is 185 Å². The van der Waals surface area contributed by atoms with Crippen molar-refractivity contribution in [2.75, 3.05) is 0 Å². The first-order valence-electron chi connectivity index (χ1n) is 10.3. The lowest BCUT2D eigenvalue weighted by Gasteiger charge is -2.19. The number of hydrogen-bond donors (Lipinski definition) is 2. The second kappa shape index (κ2) is 8.88. The lowest BCUT2D eigenvalue weighted by molar-refractivity contribution is -0.135. The van der Waals surface area contributed by atoms with E-state index in [2.05, 4.69) is 70.0 Å². The lowest BCUT2D eigenvalue weighted by atomic mass is 9.97. The number of hydrazine groups is 1. The van der Waals surface area contributed by atoms with Crippen LogP contribution in [0.4, 0.5) is 0 Å². The molecule has 30 heavy (non-hydrogen) atoms. The molecule has 2 N–H and O–H groups in total. The molecule has 158 valence electrons. The summed E-state index contributed by atoms with van der Waals surface area (Å²) in [5, 5.41) is 5.90. The van der Waals surface area contributed by atoms with Crippen molar-refractivity contribution in [1.29, 1.82) is 0 Å².